The van der Waals surface area contributed by atoms with E-state index in [1.807, 2.05) is 0 Å². The third kappa shape index (κ3) is 5.12. The first-order valence-electron chi connectivity index (χ1n) is 12.0. The summed E-state index contributed by atoms with van der Waals surface area (Å²) in [6.45, 7) is 6.39. The first-order chi connectivity index (χ1) is 17.1. The summed E-state index contributed by atoms with van der Waals surface area (Å²) in [5, 5.41) is 3.54. The van der Waals surface area contributed by atoms with Crippen molar-refractivity contribution in [1.82, 2.24) is 0 Å². The standard InChI is InChI=1S/C33H30N2/c1-24-8-7-11-32(23-24)35(30-9-5-4-6-10-30)31-19-15-28(16-20-31)27-13-17-29(18-14-27)34-33-21-12-25(2)22-26(33)3/h4-23,34H,1-3H3. The lowest BCUT2D eigenvalue weighted by molar-refractivity contribution is 1.27. The maximum atomic E-state index is 3.54. The summed E-state index contributed by atoms with van der Waals surface area (Å²) >= 11 is 0. The predicted molar refractivity (Wildman–Crippen MR) is 150 cm³/mol. The van der Waals surface area contributed by atoms with Crippen LogP contribution in [0.15, 0.2) is 121 Å². The molecule has 5 aromatic rings. The van der Waals surface area contributed by atoms with Gasteiger partial charge in [-0.1, -0.05) is 72.3 Å². The molecule has 0 saturated heterocycles. The third-order valence-electron chi connectivity index (χ3n) is 6.28. The number of nitrogens with zero attached hydrogens (tertiary/aromatic N) is 1. The number of benzene rings is 5. The van der Waals surface area contributed by atoms with E-state index in [1.54, 1.807) is 0 Å². The lowest BCUT2D eigenvalue weighted by Gasteiger charge is -2.26. The molecule has 2 nitrogen and oxygen atoms in total. The van der Waals surface area contributed by atoms with Crippen molar-refractivity contribution in [2.75, 3.05) is 10.2 Å². The van der Waals surface area contributed by atoms with Crippen LogP contribution < -0.4 is 10.2 Å². The highest BCUT2D eigenvalue weighted by Gasteiger charge is 2.12. The molecule has 172 valence electrons. The van der Waals surface area contributed by atoms with Crippen LogP contribution >= 0.6 is 0 Å². The minimum atomic E-state index is 1.09. The highest BCUT2D eigenvalue weighted by atomic mass is 15.1. The van der Waals surface area contributed by atoms with Gasteiger partial charge in [0.1, 0.15) is 0 Å². The normalized spacial score (nSPS) is 10.7. The Kier molecular flexibility index (Phi) is 6.36. The van der Waals surface area contributed by atoms with E-state index >= 15 is 0 Å². The van der Waals surface area contributed by atoms with Gasteiger partial charge < -0.3 is 10.2 Å². The Hall–Kier alpha value is -4.30. The zero-order chi connectivity index (χ0) is 24.2. The molecule has 35 heavy (non-hydrogen) atoms. The van der Waals surface area contributed by atoms with Gasteiger partial charge in [-0.15, -0.1) is 0 Å². The number of hydrogen-bond acceptors (Lipinski definition) is 2. The largest absolute Gasteiger partial charge is 0.355 e. The van der Waals surface area contributed by atoms with Gasteiger partial charge in [-0.05, 0) is 97.6 Å². The van der Waals surface area contributed by atoms with Crippen molar-refractivity contribution >= 4 is 28.4 Å². The molecule has 0 bridgehead atoms. The molecule has 0 amide bonds. The number of aryl methyl sites for hydroxylation is 3. The van der Waals surface area contributed by atoms with Crippen LogP contribution in [-0.4, -0.2) is 0 Å². The van der Waals surface area contributed by atoms with Crippen molar-refractivity contribution in [1.29, 1.82) is 0 Å². The minimum absolute atomic E-state index is 1.09. The van der Waals surface area contributed by atoms with Gasteiger partial charge in [-0.3, -0.25) is 0 Å². The highest BCUT2D eigenvalue weighted by molar-refractivity contribution is 5.79. The number of nitrogens with one attached hydrogen (secondary N) is 1. The average Bonchev–Trinajstić information content (AvgIpc) is 2.88. The number of rotatable bonds is 6. The molecule has 0 spiro atoms. The molecule has 0 atom stereocenters. The summed E-state index contributed by atoms with van der Waals surface area (Å²) < 4.78 is 0. The average molecular weight is 455 g/mol. The van der Waals surface area contributed by atoms with Crippen molar-refractivity contribution in [2.24, 2.45) is 0 Å². The first-order valence-corrected chi connectivity index (χ1v) is 12.0. The molecule has 0 fully saturated rings. The van der Waals surface area contributed by atoms with Crippen molar-refractivity contribution in [3.8, 4) is 11.1 Å². The predicted octanol–water partition coefficient (Wildman–Crippen LogP) is 9.49. The van der Waals surface area contributed by atoms with Crippen LogP contribution in [0.3, 0.4) is 0 Å². The van der Waals surface area contributed by atoms with Crippen molar-refractivity contribution < 1.29 is 0 Å². The van der Waals surface area contributed by atoms with Crippen LogP contribution in [-0.2, 0) is 0 Å². The Morgan fingerprint density at radius 2 is 1.09 bits per heavy atom. The van der Waals surface area contributed by atoms with Crippen LogP contribution in [0.2, 0.25) is 0 Å². The molecule has 0 aliphatic carbocycles. The lowest BCUT2D eigenvalue weighted by atomic mass is 10.0. The van der Waals surface area contributed by atoms with Crippen molar-refractivity contribution in [3.05, 3.63) is 138 Å². The molecular formula is C33H30N2. The van der Waals surface area contributed by atoms with Gasteiger partial charge in [0, 0.05) is 28.4 Å². The number of para-hydroxylation sites is 1. The van der Waals surface area contributed by atoms with E-state index in [0.29, 0.717) is 0 Å². The molecule has 5 rings (SSSR count). The second-order valence-electron chi connectivity index (χ2n) is 9.08. The quantitative estimate of drug-likeness (QED) is 0.275. The summed E-state index contributed by atoms with van der Waals surface area (Å²) in [6, 6.07) is 43.1. The van der Waals surface area contributed by atoms with Crippen molar-refractivity contribution in [2.45, 2.75) is 20.8 Å². The van der Waals surface area contributed by atoms with Gasteiger partial charge in [-0.25, -0.2) is 0 Å². The summed E-state index contributed by atoms with van der Waals surface area (Å²) in [7, 11) is 0. The minimum Gasteiger partial charge on any atom is -0.355 e. The second-order valence-corrected chi connectivity index (χ2v) is 9.08. The number of hydrogen-bond donors (Lipinski definition) is 1. The van der Waals surface area contributed by atoms with E-state index in [0.717, 1.165) is 28.4 Å². The zero-order valence-electron chi connectivity index (χ0n) is 20.5. The molecular weight excluding hydrogens is 424 g/mol. The lowest BCUT2D eigenvalue weighted by Crippen LogP contribution is -2.09. The van der Waals surface area contributed by atoms with Crippen LogP contribution in [0.4, 0.5) is 28.4 Å². The zero-order valence-corrected chi connectivity index (χ0v) is 20.5. The summed E-state index contributed by atoms with van der Waals surface area (Å²) in [4.78, 5) is 2.30. The molecule has 0 aliphatic heterocycles. The van der Waals surface area contributed by atoms with E-state index in [-0.39, 0.29) is 0 Å². The van der Waals surface area contributed by atoms with Crippen LogP contribution in [0.1, 0.15) is 16.7 Å². The van der Waals surface area contributed by atoms with Gasteiger partial charge >= 0.3 is 0 Å². The topological polar surface area (TPSA) is 15.3 Å². The Balaban J connectivity index is 1.40. The fourth-order valence-corrected chi connectivity index (χ4v) is 4.45. The summed E-state index contributed by atoms with van der Waals surface area (Å²) in [5.74, 6) is 0. The van der Waals surface area contributed by atoms with Crippen LogP contribution in [0, 0.1) is 20.8 Å². The van der Waals surface area contributed by atoms with E-state index in [9.17, 15) is 0 Å². The molecule has 0 aromatic heterocycles. The Bertz CT molecular complexity index is 1420. The molecule has 0 saturated carbocycles. The maximum absolute atomic E-state index is 3.54. The Labute approximate surface area is 208 Å². The molecule has 0 heterocycles. The molecule has 2 heteroatoms. The Morgan fingerprint density at radius 3 is 1.74 bits per heavy atom. The van der Waals surface area contributed by atoms with Crippen molar-refractivity contribution in [3.63, 3.8) is 0 Å². The second kappa shape index (κ2) is 9.90. The molecule has 0 aliphatic rings. The van der Waals surface area contributed by atoms with E-state index in [4.69, 9.17) is 0 Å². The third-order valence-corrected chi connectivity index (χ3v) is 6.28. The fraction of sp³-hybridized carbons (Fsp3) is 0.0909. The van der Waals surface area contributed by atoms with Gasteiger partial charge in [0.15, 0.2) is 0 Å². The van der Waals surface area contributed by atoms with Crippen LogP contribution in [0.25, 0.3) is 11.1 Å². The monoisotopic (exact) mass is 454 g/mol. The van der Waals surface area contributed by atoms with E-state index < -0.39 is 0 Å². The number of anilines is 5. The van der Waals surface area contributed by atoms with Crippen LogP contribution in [0.5, 0.6) is 0 Å². The molecule has 1 N–H and O–H groups in total. The molecule has 5 aromatic carbocycles. The van der Waals surface area contributed by atoms with Gasteiger partial charge in [-0.2, -0.15) is 0 Å². The van der Waals surface area contributed by atoms with Gasteiger partial charge in [0.05, 0.1) is 0 Å². The maximum Gasteiger partial charge on any atom is 0.0464 e. The Morgan fingerprint density at radius 1 is 0.486 bits per heavy atom. The SMILES string of the molecule is Cc1cccc(N(c2ccccc2)c2ccc(-c3ccc(Nc4ccc(C)cc4C)cc3)cc2)c1. The molecule has 0 unspecified atom stereocenters. The van der Waals surface area contributed by atoms with E-state index in [2.05, 4.69) is 152 Å². The highest BCUT2D eigenvalue weighted by Crippen LogP contribution is 2.36. The summed E-state index contributed by atoms with van der Waals surface area (Å²) in [6.07, 6.45) is 0. The summed E-state index contributed by atoms with van der Waals surface area (Å²) in [5.41, 5.74) is 11.8. The first kappa shape index (κ1) is 22.5. The fourth-order valence-electron chi connectivity index (χ4n) is 4.45. The van der Waals surface area contributed by atoms with E-state index in [1.165, 1.54) is 27.8 Å². The van der Waals surface area contributed by atoms with Gasteiger partial charge in [0.2, 0.25) is 0 Å². The van der Waals surface area contributed by atoms with Gasteiger partial charge in [0.25, 0.3) is 0 Å². The molecule has 0 radical (unpaired) electrons. The smallest absolute Gasteiger partial charge is 0.0464 e.